The number of nitriles is 1. The lowest BCUT2D eigenvalue weighted by atomic mass is 9.97. The maximum atomic E-state index is 12.3. The van der Waals surface area contributed by atoms with Crippen LogP contribution in [-0.4, -0.2) is 12.6 Å². The van der Waals surface area contributed by atoms with Crippen molar-refractivity contribution in [1.29, 1.82) is 5.26 Å². The van der Waals surface area contributed by atoms with Gasteiger partial charge in [0, 0.05) is 5.56 Å². The molecule has 3 rings (SSSR count). The minimum absolute atomic E-state index is 0.282. The van der Waals surface area contributed by atoms with E-state index in [0.29, 0.717) is 21.7 Å². The Morgan fingerprint density at radius 1 is 1.22 bits per heavy atom. The van der Waals surface area contributed by atoms with Gasteiger partial charge in [0.25, 0.3) is 0 Å². The highest BCUT2D eigenvalue weighted by atomic mass is 127. The first-order valence-corrected chi connectivity index (χ1v) is 9.97. The summed E-state index contributed by atoms with van der Waals surface area (Å²) < 4.78 is 5.92. The number of esters is 1. The Kier molecular flexibility index (Phi) is 5.90. The molecule has 1 aromatic heterocycles. The fourth-order valence-corrected chi connectivity index (χ4v) is 4.68. The molecule has 0 spiro atoms. The molecule has 0 bridgehead atoms. The molecule has 0 unspecified atom stereocenters. The van der Waals surface area contributed by atoms with Gasteiger partial charge in [0.05, 0.1) is 27.7 Å². The fourth-order valence-electron chi connectivity index (χ4n) is 2.75. The molecule has 2 aromatic carbocycles. The van der Waals surface area contributed by atoms with Gasteiger partial charge in [-0.2, -0.15) is 5.26 Å². The van der Waals surface area contributed by atoms with Crippen molar-refractivity contribution in [2.24, 2.45) is 0 Å². The summed E-state index contributed by atoms with van der Waals surface area (Å²) in [5.41, 5.74) is 4.21. The normalized spacial score (nSPS) is 10.1. The predicted molar refractivity (Wildman–Crippen MR) is 115 cm³/mol. The van der Waals surface area contributed by atoms with Crippen LogP contribution in [0.15, 0.2) is 48.5 Å². The minimum atomic E-state index is -0.413. The van der Waals surface area contributed by atoms with E-state index >= 15 is 0 Å². The number of benzene rings is 2. The van der Waals surface area contributed by atoms with E-state index in [1.807, 2.05) is 42.5 Å². The van der Waals surface area contributed by atoms with Crippen LogP contribution in [0.4, 0.5) is 5.69 Å². The van der Waals surface area contributed by atoms with Crippen molar-refractivity contribution in [3.05, 3.63) is 73.3 Å². The van der Waals surface area contributed by atoms with E-state index in [9.17, 15) is 10.1 Å². The van der Waals surface area contributed by atoms with Crippen LogP contribution in [0, 0.1) is 20.8 Å². The topological polar surface area (TPSA) is 54.5 Å². The minimum Gasteiger partial charge on any atom is -0.462 e. The van der Waals surface area contributed by atoms with Crippen molar-refractivity contribution in [1.82, 2.24) is 0 Å². The van der Waals surface area contributed by atoms with Crippen LogP contribution >= 0.6 is 33.9 Å². The molecule has 0 amide bonds. The molecule has 3 aromatic rings. The second-order valence-corrected chi connectivity index (χ2v) is 8.33. The van der Waals surface area contributed by atoms with Gasteiger partial charge in [-0.3, -0.25) is 0 Å². The lowest BCUT2D eigenvalue weighted by Gasteiger charge is -2.08. The van der Waals surface area contributed by atoms with E-state index in [1.165, 1.54) is 11.3 Å². The zero-order valence-electron chi connectivity index (χ0n) is 14.3. The number of hydrogen-bond donors (Lipinski definition) is 0. The summed E-state index contributed by atoms with van der Waals surface area (Å²) in [6, 6.07) is 17.1. The number of halogens is 1. The second-order valence-electron chi connectivity index (χ2n) is 5.50. The van der Waals surface area contributed by atoms with Crippen LogP contribution < -0.4 is 0 Å². The molecule has 0 saturated carbocycles. The van der Waals surface area contributed by atoms with Crippen LogP contribution in [0.25, 0.3) is 27.1 Å². The van der Waals surface area contributed by atoms with E-state index in [0.717, 1.165) is 19.6 Å². The Morgan fingerprint density at radius 3 is 2.52 bits per heavy atom. The van der Waals surface area contributed by atoms with Gasteiger partial charge in [-0.05, 0) is 52.3 Å². The van der Waals surface area contributed by atoms with Crippen LogP contribution in [0.5, 0.6) is 0 Å². The zero-order chi connectivity index (χ0) is 19.4. The molecule has 0 saturated heterocycles. The summed E-state index contributed by atoms with van der Waals surface area (Å²) in [5.74, 6) is -0.413. The SMILES string of the molecule is [C-]#[N+]c1c(I)sc(C(=O)OCC)c1-c1ccc(-c2ccccc2C#N)cc1. The van der Waals surface area contributed by atoms with Crippen molar-refractivity contribution in [3.63, 3.8) is 0 Å². The number of hydrogen-bond acceptors (Lipinski definition) is 4. The first kappa shape index (κ1) is 19.1. The number of thiophene rings is 1. The van der Waals surface area contributed by atoms with Crippen molar-refractivity contribution >= 4 is 45.6 Å². The van der Waals surface area contributed by atoms with Gasteiger partial charge >= 0.3 is 5.97 Å². The van der Waals surface area contributed by atoms with Gasteiger partial charge in [-0.15, -0.1) is 11.3 Å². The molecule has 0 atom stereocenters. The van der Waals surface area contributed by atoms with Gasteiger partial charge < -0.3 is 4.74 Å². The Hall–Kier alpha value is -2.68. The molecule has 0 aliphatic rings. The lowest BCUT2D eigenvalue weighted by molar-refractivity contribution is 0.0533. The Labute approximate surface area is 175 Å². The molecule has 27 heavy (non-hydrogen) atoms. The zero-order valence-corrected chi connectivity index (χ0v) is 17.3. The third-order valence-corrected chi connectivity index (χ3v) is 6.07. The van der Waals surface area contributed by atoms with Crippen LogP contribution in [0.1, 0.15) is 22.2 Å². The van der Waals surface area contributed by atoms with Gasteiger partial charge in [0.1, 0.15) is 4.88 Å². The quantitative estimate of drug-likeness (QED) is 0.249. The molecule has 4 nitrogen and oxygen atoms in total. The van der Waals surface area contributed by atoms with Gasteiger partial charge in [-0.1, -0.05) is 42.5 Å². The standard InChI is InChI=1S/C21H13IN2O2S/c1-3-26-21(25)19-17(18(24-2)20(22)27-19)14-10-8-13(9-11-14)16-7-5-4-6-15(16)12-23/h4-11H,3H2,1H3. The summed E-state index contributed by atoms with van der Waals surface area (Å²) >= 11 is 3.35. The Bertz CT molecular complexity index is 1090. The molecule has 0 N–H and O–H groups in total. The molecule has 0 fully saturated rings. The molecule has 0 aliphatic heterocycles. The average Bonchev–Trinajstić information content (AvgIpc) is 3.04. The van der Waals surface area contributed by atoms with E-state index in [-0.39, 0.29) is 6.61 Å². The summed E-state index contributed by atoms with van der Waals surface area (Å²) in [6.45, 7) is 9.54. The van der Waals surface area contributed by atoms with Gasteiger partial charge in [0.2, 0.25) is 5.69 Å². The summed E-state index contributed by atoms with van der Waals surface area (Å²) in [7, 11) is 0. The predicted octanol–water partition coefficient (Wildman–Crippen LogP) is 6.29. The maximum absolute atomic E-state index is 12.3. The molecular weight excluding hydrogens is 471 g/mol. The number of nitrogens with zero attached hydrogens (tertiary/aromatic N) is 2. The third kappa shape index (κ3) is 3.73. The molecule has 0 radical (unpaired) electrons. The highest BCUT2D eigenvalue weighted by Crippen LogP contribution is 2.44. The number of ether oxygens (including phenoxy) is 1. The first-order valence-electron chi connectivity index (χ1n) is 8.07. The van der Waals surface area contributed by atoms with Crippen molar-refractivity contribution in [2.75, 3.05) is 6.61 Å². The lowest BCUT2D eigenvalue weighted by Crippen LogP contribution is -2.03. The monoisotopic (exact) mass is 484 g/mol. The van der Waals surface area contributed by atoms with Crippen molar-refractivity contribution < 1.29 is 9.53 Å². The highest BCUT2D eigenvalue weighted by molar-refractivity contribution is 14.1. The van der Waals surface area contributed by atoms with Crippen LogP contribution in [-0.2, 0) is 4.74 Å². The van der Waals surface area contributed by atoms with E-state index in [4.69, 9.17) is 11.3 Å². The number of carbonyl (C=O) groups excluding carboxylic acids is 1. The maximum Gasteiger partial charge on any atom is 0.347 e. The smallest absolute Gasteiger partial charge is 0.347 e. The molecule has 0 aliphatic carbocycles. The van der Waals surface area contributed by atoms with Gasteiger partial charge in [0.15, 0.2) is 0 Å². The second kappa shape index (κ2) is 8.34. The average molecular weight is 484 g/mol. The number of rotatable bonds is 4. The number of carbonyl (C=O) groups is 1. The third-order valence-electron chi connectivity index (χ3n) is 3.95. The van der Waals surface area contributed by atoms with E-state index < -0.39 is 5.97 Å². The molecule has 1 heterocycles. The highest BCUT2D eigenvalue weighted by Gasteiger charge is 2.24. The Balaban J connectivity index is 2.10. The first-order chi connectivity index (χ1) is 13.1. The summed E-state index contributed by atoms with van der Waals surface area (Å²) in [5, 5.41) is 9.30. The van der Waals surface area contributed by atoms with E-state index in [1.54, 1.807) is 13.0 Å². The van der Waals surface area contributed by atoms with Crippen LogP contribution in [0.2, 0.25) is 0 Å². The largest absolute Gasteiger partial charge is 0.462 e. The van der Waals surface area contributed by atoms with E-state index in [2.05, 4.69) is 33.5 Å². The van der Waals surface area contributed by atoms with Gasteiger partial charge in [-0.25, -0.2) is 9.64 Å². The van der Waals surface area contributed by atoms with Crippen LogP contribution in [0.3, 0.4) is 0 Å². The Morgan fingerprint density at radius 2 is 1.89 bits per heavy atom. The summed E-state index contributed by atoms with van der Waals surface area (Å²) in [6.07, 6.45) is 0. The van der Waals surface area contributed by atoms with Crippen molar-refractivity contribution in [2.45, 2.75) is 6.92 Å². The fraction of sp³-hybridized carbons (Fsp3) is 0.0952. The molecule has 6 heteroatoms. The molecule has 132 valence electrons. The molecular formula is C21H13IN2O2S. The van der Waals surface area contributed by atoms with Crippen molar-refractivity contribution in [3.8, 4) is 28.3 Å². The summed E-state index contributed by atoms with van der Waals surface area (Å²) in [4.78, 5) is 16.4.